The maximum atomic E-state index is 13.2. The van der Waals surface area contributed by atoms with Gasteiger partial charge in [0.25, 0.3) is 0 Å². The molecule has 1 atom stereocenters. The van der Waals surface area contributed by atoms with E-state index in [1.54, 1.807) is 54.4 Å². The number of aromatic nitrogens is 3. The molecule has 11 nitrogen and oxygen atoms in total. The number of hydrogen-bond acceptors (Lipinski definition) is 8. The summed E-state index contributed by atoms with van der Waals surface area (Å²) in [5, 5.41) is 13.5. The van der Waals surface area contributed by atoms with Crippen molar-refractivity contribution in [2.24, 2.45) is 0 Å². The highest BCUT2D eigenvalue weighted by molar-refractivity contribution is 6.31. The quantitative estimate of drug-likeness (QED) is 0.203. The number of fused-ring (bicyclic) bond motifs is 1. The van der Waals surface area contributed by atoms with Gasteiger partial charge in [0.15, 0.2) is 0 Å². The average molecular weight is 575 g/mol. The summed E-state index contributed by atoms with van der Waals surface area (Å²) in [6, 6.07) is 10.2. The molecule has 5 rings (SSSR count). The molecule has 1 fully saturated rings. The fourth-order valence-corrected chi connectivity index (χ4v) is 5.10. The Morgan fingerprint density at radius 3 is 2.85 bits per heavy atom. The van der Waals surface area contributed by atoms with Gasteiger partial charge in [-0.1, -0.05) is 11.6 Å². The molecule has 41 heavy (non-hydrogen) atoms. The maximum Gasteiger partial charge on any atom is 0.341 e. The number of benzene rings is 1. The lowest BCUT2D eigenvalue weighted by Gasteiger charge is -2.28. The third kappa shape index (κ3) is 5.79. The molecule has 2 N–H and O–H groups in total. The van der Waals surface area contributed by atoms with Crippen LogP contribution in [-0.4, -0.2) is 65.1 Å². The van der Waals surface area contributed by atoms with Gasteiger partial charge in [-0.15, -0.1) is 0 Å². The van der Waals surface area contributed by atoms with E-state index in [2.05, 4.69) is 25.0 Å². The lowest BCUT2D eigenvalue weighted by molar-refractivity contribution is 0.0695. The van der Waals surface area contributed by atoms with Crippen LogP contribution in [0.5, 0.6) is 5.88 Å². The zero-order valence-electron chi connectivity index (χ0n) is 22.2. The number of aromatic carboxylic acids is 1. The van der Waals surface area contributed by atoms with Gasteiger partial charge in [0.2, 0.25) is 17.0 Å². The lowest BCUT2D eigenvalue weighted by atomic mass is 10.1. The first-order valence-electron chi connectivity index (χ1n) is 12.9. The number of rotatable bonds is 10. The number of hydrogen-bond donors (Lipinski definition) is 2. The molecule has 0 radical (unpaired) electrons. The van der Waals surface area contributed by atoms with Crippen LogP contribution in [0.2, 0.25) is 5.02 Å². The molecule has 0 aliphatic carbocycles. The second kappa shape index (κ2) is 12.2. The summed E-state index contributed by atoms with van der Waals surface area (Å²) in [6.07, 6.45) is 6.21. The van der Waals surface area contributed by atoms with Crippen molar-refractivity contribution < 1.29 is 19.4 Å². The van der Waals surface area contributed by atoms with E-state index in [1.807, 2.05) is 0 Å². The van der Waals surface area contributed by atoms with E-state index in [0.717, 1.165) is 12.8 Å². The largest absolute Gasteiger partial charge is 0.477 e. The zero-order valence-corrected chi connectivity index (χ0v) is 23.0. The van der Waals surface area contributed by atoms with Crippen molar-refractivity contribution in [1.29, 1.82) is 0 Å². The zero-order chi connectivity index (χ0) is 28.9. The summed E-state index contributed by atoms with van der Waals surface area (Å²) < 4.78 is 12.6. The standard InChI is InChI=1S/C29H27ClN6O5/c1-31-23-13-20-24(14-25(23)35-11-4-5-19(35)17-41-28-22(30)6-3-9-33-28)36(16-21(27(20)37)29(38)39)18-7-8-26(34-15-18)32-10-12-40-2/h3,6-9,13-16,19H,4-5,10-12,17H2,2H3,(H,32,34)(H,38,39)/t19-/m1/s1. The molecule has 0 bridgehead atoms. The summed E-state index contributed by atoms with van der Waals surface area (Å²) in [7, 11) is 1.61. The predicted molar refractivity (Wildman–Crippen MR) is 156 cm³/mol. The molecule has 1 aromatic carbocycles. The monoisotopic (exact) mass is 574 g/mol. The number of methoxy groups -OCH3 is 1. The smallest absolute Gasteiger partial charge is 0.341 e. The highest BCUT2D eigenvalue weighted by atomic mass is 35.5. The van der Waals surface area contributed by atoms with Gasteiger partial charge < -0.3 is 29.4 Å². The van der Waals surface area contributed by atoms with Gasteiger partial charge in [-0.2, -0.15) is 0 Å². The van der Waals surface area contributed by atoms with Crippen LogP contribution in [-0.2, 0) is 4.74 Å². The van der Waals surface area contributed by atoms with E-state index >= 15 is 0 Å². The van der Waals surface area contributed by atoms with Crippen LogP contribution in [0.15, 0.2) is 59.8 Å². The first-order valence-corrected chi connectivity index (χ1v) is 13.3. The van der Waals surface area contributed by atoms with Gasteiger partial charge in [-0.25, -0.2) is 19.6 Å². The molecule has 0 unspecified atom stereocenters. The minimum Gasteiger partial charge on any atom is -0.477 e. The van der Waals surface area contributed by atoms with Crippen LogP contribution in [0.1, 0.15) is 23.2 Å². The Bertz CT molecular complexity index is 1680. The normalized spacial score (nSPS) is 14.7. The molecule has 4 aromatic rings. The molecular formula is C29H27ClN6O5. The van der Waals surface area contributed by atoms with E-state index < -0.39 is 17.0 Å². The maximum absolute atomic E-state index is 13.2. The molecule has 0 amide bonds. The fraction of sp³-hybridized carbons (Fsp3) is 0.276. The molecule has 1 aliphatic heterocycles. The number of ether oxygens (including phenoxy) is 2. The molecule has 3 aromatic heterocycles. The third-order valence-corrected chi connectivity index (χ3v) is 7.20. The summed E-state index contributed by atoms with van der Waals surface area (Å²) in [5.74, 6) is -0.388. The van der Waals surface area contributed by atoms with Crippen molar-refractivity contribution in [2.75, 3.05) is 43.6 Å². The molecule has 0 saturated carbocycles. The number of carboxylic acids is 1. The first-order chi connectivity index (χ1) is 19.9. The Labute approximate surface area is 240 Å². The van der Waals surface area contributed by atoms with E-state index in [0.29, 0.717) is 59.9 Å². The minimum atomic E-state index is -1.35. The number of carbonyl (C=O) groups is 1. The average Bonchev–Trinajstić information content (AvgIpc) is 3.45. The Balaban J connectivity index is 1.57. The van der Waals surface area contributed by atoms with Crippen LogP contribution in [0, 0.1) is 6.57 Å². The van der Waals surface area contributed by atoms with E-state index in [1.165, 1.54) is 12.3 Å². The Morgan fingerprint density at radius 1 is 1.29 bits per heavy atom. The number of nitrogens with zero attached hydrogens (tertiary/aromatic N) is 5. The van der Waals surface area contributed by atoms with Crippen molar-refractivity contribution >= 4 is 45.7 Å². The molecule has 1 saturated heterocycles. The van der Waals surface area contributed by atoms with Crippen molar-refractivity contribution in [3.8, 4) is 11.6 Å². The topological polar surface area (TPSA) is 123 Å². The van der Waals surface area contributed by atoms with Gasteiger partial charge in [-0.05, 0) is 49.2 Å². The Kier molecular flexibility index (Phi) is 8.33. The summed E-state index contributed by atoms with van der Waals surface area (Å²) in [4.78, 5) is 39.6. The fourth-order valence-electron chi connectivity index (χ4n) is 4.93. The van der Waals surface area contributed by atoms with Crippen molar-refractivity contribution in [2.45, 2.75) is 18.9 Å². The van der Waals surface area contributed by atoms with E-state index in [4.69, 9.17) is 27.6 Å². The second-order valence-corrected chi connectivity index (χ2v) is 9.84. The van der Waals surface area contributed by atoms with Crippen molar-refractivity contribution in [3.05, 3.63) is 87.2 Å². The van der Waals surface area contributed by atoms with Gasteiger partial charge in [0.05, 0.1) is 36.6 Å². The van der Waals surface area contributed by atoms with Crippen LogP contribution < -0.4 is 20.4 Å². The highest BCUT2D eigenvalue weighted by Crippen LogP contribution is 2.38. The van der Waals surface area contributed by atoms with Crippen molar-refractivity contribution in [3.63, 3.8) is 0 Å². The molecule has 0 spiro atoms. The highest BCUT2D eigenvalue weighted by Gasteiger charge is 2.29. The van der Waals surface area contributed by atoms with Gasteiger partial charge >= 0.3 is 5.97 Å². The van der Waals surface area contributed by atoms with Crippen LogP contribution in [0.25, 0.3) is 21.4 Å². The van der Waals surface area contributed by atoms with Gasteiger partial charge in [0.1, 0.15) is 23.0 Å². The van der Waals surface area contributed by atoms with Crippen LogP contribution >= 0.6 is 11.6 Å². The Morgan fingerprint density at radius 2 is 2.15 bits per heavy atom. The SMILES string of the molecule is [C-]#[N+]c1cc2c(=O)c(C(=O)O)cn(-c3ccc(NCCOC)nc3)c2cc1N1CCC[C@@H]1COc1ncccc1Cl. The van der Waals surface area contributed by atoms with Gasteiger partial charge in [0, 0.05) is 43.7 Å². The summed E-state index contributed by atoms with van der Waals surface area (Å²) in [6.45, 7) is 9.93. The molecular weight excluding hydrogens is 548 g/mol. The minimum absolute atomic E-state index is 0.0661. The Hall–Kier alpha value is -4.66. The summed E-state index contributed by atoms with van der Waals surface area (Å²) in [5.41, 5.74) is 0.848. The summed E-state index contributed by atoms with van der Waals surface area (Å²) >= 11 is 6.21. The molecule has 210 valence electrons. The number of pyridine rings is 3. The predicted octanol–water partition coefficient (Wildman–Crippen LogP) is 4.79. The number of carboxylic acid groups (broad SMARTS) is 1. The van der Waals surface area contributed by atoms with Crippen LogP contribution in [0.3, 0.4) is 0 Å². The van der Waals surface area contributed by atoms with E-state index in [9.17, 15) is 14.7 Å². The van der Waals surface area contributed by atoms with E-state index in [-0.39, 0.29) is 17.1 Å². The molecule has 4 heterocycles. The van der Waals surface area contributed by atoms with Crippen molar-refractivity contribution in [1.82, 2.24) is 14.5 Å². The number of anilines is 2. The number of halogens is 1. The molecule has 12 heteroatoms. The van der Waals surface area contributed by atoms with Gasteiger partial charge in [-0.3, -0.25) is 4.79 Å². The first kappa shape index (κ1) is 27.9. The van der Waals surface area contributed by atoms with Crippen LogP contribution in [0.4, 0.5) is 17.2 Å². The number of nitrogens with one attached hydrogen (secondary N) is 1. The third-order valence-electron chi connectivity index (χ3n) is 6.91. The second-order valence-electron chi connectivity index (χ2n) is 9.43. The lowest BCUT2D eigenvalue weighted by Crippen LogP contribution is -2.34. The molecule has 1 aliphatic rings.